The Morgan fingerprint density at radius 1 is 1.38 bits per heavy atom. The first-order chi connectivity index (χ1) is 14.1. The molecule has 5 rings (SSSR count). The minimum absolute atomic E-state index is 0.000134. The van der Waals surface area contributed by atoms with Gasteiger partial charge in [0.05, 0.1) is 11.3 Å². The second-order valence-electron chi connectivity index (χ2n) is 8.86. The van der Waals surface area contributed by atoms with E-state index in [0.717, 1.165) is 62.4 Å². The molecule has 0 spiro atoms. The molecule has 1 aliphatic carbocycles. The highest BCUT2D eigenvalue weighted by Gasteiger charge is 2.42. The Kier molecular flexibility index (Phi) is 5.04. The molecule has 6 nitrogen and oxygen atoms in total. The maximum atomic E-state index is 12.9. The smallest absolute Gasteiger partial charge is 0.255 e. The maximum Gasteiger partial charge on any atom is 0.255 e. The van der Waals surface area contributed by atoms with Crippen LogP contribution in [0.4, 0.5) is 0 Å². The van der Waals surface area contributed by atoms with E-state index in [4.69, 9.17) is 4.98 Å². The fourth-order valence-electron chi connectivity index (χ4n) is 4.75. The van der Waals surface area contributed by atoms with Gasteiger partial charge in [-0.05, 0) is 36.6 Å². The Hall–Kier alpha value is -1.99. The summed E-state index contributed by atoms with van der Waals surface area (Å²) in [7, 11) is 0. The maximum absolute atomic E-state index is 12.9. The lowest BCUT2D eigenvalue weighted by atomic mass is 9.96. The van der Waals surface area contributed by atoms with E-state index < -0.39 is 0 Å². The van der Waals surface area contributed by atoms with Crippen LogP contribution in [0.3, 0.4) is 0 Å². The molecule has 3 atom stereocenters. The van der Waals surface area contributed by atoms with E-state index in [1.807, 2.05) is 4.90 Å². The van der Waals surface area contributed by atoms with Gasteiger partial charge in [-0.15, -0.1) is 11.3 Å². The lowest BCUT2D eigenvalue weighted by molar-refractivity contribution is -0.134. The van der Waals surface area contributed by atoms with Gasteiger partial charge in [0.25, 0.3) is 5.56 Å². The number of aromatic nitrogens is 2. The normalized spacial score (nSPS) is 26.9. The number of fused-ring (bicyclic) bond motifs is 1. The van der Waals surface area contributed by atoms with Crippen molar-refractivity contribution in [2.45, 2.75) is 51.6 Å². The number of amides is 1. The summed E-state index contributed by atoms with van der Waals surface area (Å²) in [6.07, 6.45) is 3.80. The summed E-state index contributed by atoms with van der Waals surface area (Å²) in [6.45, 7) is 6.14. The highest BCUT2D eigenvalue weighted by molar-refractivity contribution is 7.09. The molecule has 2 aromatic heterocycles. The number of likely N-dealkylation sites (tertiary alicyclic amines) is 1. The van der Waals surface area contributed by atoms with Crippen molar-refractivity contribution in [2.75, 3.05) is 19.6 Å². The fraction of sp³-hybridized carbons (Fsp3) is 0.591. The van der Waals surface area contributed by atoms with Crippen molar-refractivity contribution in [2.24, 2.45) is 11.8 Å². The summed E-state index contributed by atoms with van der Waals surface area (Å²) in [5.74, 6) is 1.97. The molecular formula is C22H28N4O2S. The SMILES string of the molecule is C[C@H]1C[C@@H]1C(=O)N1CCC[C@H](c2nc3c(c(=O)[nH]2)CN(Cc2cccs2)CC3)C1. The number of nitrogens with zero attached hydrogens (tertiary/aromatic N) is 3. The second kappa shape index (κ2) is 7.69. The predicted molar refractivity (Wildman–Crippen MR) is 113 cm³/mol. The molecule has 29 heavy (non-hydrogen) atoms. The third-order valence-electron chi connectivity index (χ3n) is 6.67. The van der Waals surface area contributed by atoms with Crippen molar-refractivity contribution in [3.63, 3.8) is 0 Å². The summed E-state index contributed by atoms with van der Waals surface area (Å²) in [4.78, 5) is 39.1. The van der Waals surface area contributed by atoms with E-state index >= 15 is 0 Å². The zero-order valence-electron chi connectivity index (χ0n) is 16.9. The van der Waals surface area contributed by atoms with Crippen LogP contribution in [-0.4, -0.2) is 45.3 Å². The zero-order valence-corrected chi connectivity index (χ0v) is 17.7. The van der Waals surface area contributed by atoms with Gasteiger partial charge in [-0.2, -0.15) is 0 Å². The molecule has 154 valence electrons. The van der Waals surface area contributed by atoms with Crippen LogP contribution in [0.2, 0.25) is 0 Å². The van der Waals surface area contributed by atoms with E-state index in [-0.39, 0.29) is 17.4 Å². The van der Waals surface area contributed by atoms with Crippen LogP contribution in [0.25, 0.3) is 0 Å². The summed E-state index contributed by atoms with van der Waals surface area (Å²) in [5.41, 5.74) is 1.76. The molecule has 0 bridgehead atoms. The molecule has 1 N–H and O–H groups in total. The quantitative estimate of drug-likeness (QED) is 0.838. The summed E-state index contributed by atoms with van der Waals surface area (Å²) >= 11 is 1.76. The third-order valence-corrected chi connectivity index (χ3v) is 7.53. The minimum atomic E-state index is 0.000134. The number of carbonyl (C=O) groups excluding carboxylic acids is 1. The van der Waals surface area contributed by atoms with E-state index in [9.17, 15) is 9.59 Å². The minimum Gasteiger partial charge on any atom is -0.342 e. The Labute approximate surface area is 175 Å². The van der Waals surface area contributed by atoms with Gasteiger partial charge in [0.2, 0.25) is 5.91 Å². The molecule has 0 unspecified atom stereocenters. The molecule has 2 fully saturated rings. The Bertz CT molecular complexity index is 954. The zero-order chi connectivity index (χ0) is 20.0. The molecule has 4 heterocycles. The topological polar surface area (TPSA) is 69.3 Å². The van der Waals surface area contributed by atoms with E-state index in [1.165, 1.54) is 4.88 Å². The number of nitrogens with one attached hydrogen (secondary N) is 1. The van der Waals surface area contributed by atoms with Crippen LogP contribution in [-0.2, 0) is 24.3 Å². The van der Waals surface area contributed by atoms with Gasteiger partial charge < -0.3 is 9.88 Å². The van der Waals surface area contributed by atoms with Crippen LogP contribution in [0.1, 0.15) is 54.1 Å². The number of rotatable bonds is 4. The third kappa shape index (κ3) is 3.90. The van der Waals surface area contributed by atoms with E-state index in [1.54, 1.807) is 11.3 Å². The van der Waals surface area contributed by atoms with Gasteiger partial charge >= 0.3 is 0 Å². The number of piperidine rings is 1. The standard InChI is InChI=1S/C22H28N4O2S/c1-14-10-17(14)22(28)26-7-2-4-15(11-26)20-23-19-6-8-25(12-16-5-3-9-29-16)13-18(19)21(27)24-20/h3,5,9,14-15,17H,2,4,6-8,10-13H2,1H3,(H,23,24,27)/t14-,15-,17-/m0/s1. The van der Waals surface area contributed by atoms with E-state index in [0.29, 0.717) is 24.9 Å². The molecule has 0 aromatic carbocycles. The average molecular weight is 413 g/mol. The molecular weight excluding hydrogens is 384 g/mol. The number of hydrogen-bond donors (Lipinski definition) is 1. The number of aromatic amines is 1. The molecule has 2 aromatic rings. The van der Waals surface area contributed by atoms with Gasteiger partial charge in [0.15, 0.2) is 0 Å². The largest absolute Gasteiger partial charge is 0.342 e. The van der Waals surface area contributed by atoms with Crippen molar-refractivity contribution in [1.82, 2.24) is 19.8 Å². The van der Waals surface area contributed by atoms with Crippen LogP contribution < -0.4 is 5.56 Å². The lowest BCUT2D eigenvalue weighted by Crippen LogP contribution is -2.41. The fourth-order valence-corrected chi connectivity index (χ4v) is 5.50. The first kappa shape index (κ1) is 19.0. The first-order valence-electron chi connectivity index (χ1n) is 10.7. The van der Waals surface area contributed by atoms with Crippen LogP contribution in [0, 0.1) is 11.8 Å². The number of H-pyrrole nitrogens is 1. The van der Waals surface area contributed by atoms with Crippen molar-refractivity contribution < 1.29 is 4.79 Å². The van der Waals surface area contributed by atoms with Crippen molar-refractivity contribution in [3.05, 3.63) is 49.8 Å². The predicted octanol–water partition coefficient (Wildman–Crippen LogP) is 2.75. The van der Waals surface area contributed by atoms with Gasteiger partial charge in [0.1, 0.15) is 5.82 Å². The first-order valence-corrected chi connectivity index (χ1v) is 11.6. The number of carbonyl (C=O) groups is 1. The molecule has 7 heteroatoms. The monoisotopic (exact) mass is 412 g/mol. The lowest BCUT2D eigenvalue weighted by Gasteiger charge is -2.33. The molecule has 1 amide bonds. The van der Waals surface area contributed by atoms with Crippen LogP contribution >= 0.6 is 11.3 Å². The average Bonchev–Trinajstić information content (AvgIpc) is 3.24. The molecule has 1 saturated heterocycles. The summed E-state index contributed by atoms with van der Waals surface area (Å²) < 4.78 is 0. The number of hydrogen-bond acceptors (Lipinski definition) is 5. The van der Waals surface area contributed by atoms with Crippen LogP contribution in [0.15, 0.2) is 22.3 Å². The van der Waals surface area contributed by atoms with Crippen molar-refractivity contribution in [3.8, 4) is 0 Å². The molecule has 0 radical (unpaired) electrons. The van der Waals surface area contributed by atoms with Gasteiger partial charge in [0, 0.05) is 55.9 Å². The van der Waals surface area contributed by atoms with Crippen molar-refractivity contribution >= 4 is 17.2 Å². The van der Waals surface area contributed by atoms with Crippen molar-refractivity contribution in [1.29, 1.82) is 0 Å². The molecule has 3 aliphatic rings. The summed E-state index contributed by atoms with van der Waals surface area (Å²) in [6, 6.07) is 4.21. The van der Waals surface area contributed by atoms with Gasteiger partial charge in [-0.3, -0.25) is 14.5 Å². The van der Waals surface area contributed by atoms with Gasteiger partial charge in [-0.25, -0.2) is 4.98 Å². The second-order valence-corrected chi connectivity index (χ2v) is 9.89. The number of thiophene rings is 1. The molecule has 2 aliphatic heterocycles. The van der Waals surface area contributed by atoms with Crippen LogP contribution in [0.5, 0.6) is 0 Å². The van der Waals surface area contributed by atoms with E-state index in [2.05, 4.69) is 34.3 Å². The Morgan fingerprint density at radius 2 is 2.24 bits per heavy atom. The Balaban J connectivity index is 1.30. The Morgan fingerprint density at radius 3 is 3.00 bits per heavy atom. The molecule has 1 saturated carbocycles. The highest BCUT2D eigenvalue weighted by Crippen LogP contribution is 2.40. The highest BCUT2D eigenvalue weighted by atomic mass is 32.1. The summed E-state index contributed by atoms with van der Waals surface area (Å²) in [5, 5.41) is 2.09. The van der Waals surface area contributed by atoms with Gasteiger partial charge in [-0.1, -0.05) is 13.0 Å².